The molecule has 0 saturated carbocycles. The van der Waals surface area contributed by atoms with Crippen LogP contribution in [0.4, 0.5) is 0 Å². The second kappa shape index (κ2) is 8.75. The van der Waals surface area contributed by atoms with Crippen LogP contribution in [0.1, 0.15) is 52.9 Å². The van der Waals surface area contributed by atoms with Crippen molar-refractivity contribution in [2.75, 3.05) is 7.11 Å². The van der Waals surface area contributed by atoms with Crippen molar-refractivity contribution in [3.8, 4) is 11.5 Å². The first kappa shape index (κ1) is 19.8. The van der Waals surface area contributed by atoms with Crippen LogP contribution < -0.4 is 14.8 Å². The standard InChI is InChI=1S/C22H29NO3/c1-7-16(4)23-22(24)18-8-9-20(25-6)19(12-18)13-26-21-11-14(2)10-15(3)17(21)5/h8-12,16H,7,13H2,1-6H3,(H,23,24)/t16-/m0/s1. The van der Waals surface area contributed by atoms with E-state index in [2.05, 4.69) is 32.2 Å². The molecule has 140 valence electrons. The van der Waals surface area contributed by atoms with Crippen molar-refractivity contribution in [3.05, 3.63) is 58.1 Å². The average Bonchev–Trinajstić information content (AvgIpc) is 2.62. The Morgan fingerprint density at radius 2 is 1.85 bits per heavy atom. The normalized spacial score (nSPS) is 11.8. The van der Waals surface area contributed by atoms with Crippen molar-refractivity contribution in [1.29, 1.82) is 0 Å². The molecule has 0 aliphatic carbocycles. The number of carbonyl (C=O) groups excluding carboxylic acids is 1. The summed E-state index contributed by atoms with van der Waals surface area (Å²) < 4.78 is 11.5. The van der Waals surface area contributed by atoms with Gasteiger partial charge in [0.25, 0.3) is 5.91 Å². The summed E-state index contributed by atoms with van der Waals surface area (Å²) in [7, 11) is 1.62. The molecule has 2 rings (SSSR count). The number of methoxy groups -OCH3 is 1. The molecular weight excluding hydrogens is 326 g/mol. The number of benzene rings is 2. The van der Waals surface area contributed by atoms with E-state index in [-0.39, 0.29) is 11.9 Å². The van der Waals surface area contributed by atoms with Gasteiger partial charge in [-0.25, -0.2) is 0 Å². The number of amides is 1. The Morgan fingerprint density at radius 3 is 2.50 bits per heavy atom. The molecule has 0 aromatic heterocycles. The lowest BCUT2D eigenvalue weighted by Gasteiger charge is -2.16. The topological polar surface area (TPSA) is 47.6 Å². The van der Waals surface area contributed by atoms with E-state index >= 15 is 0 Å². The van der Waals surface area contributed by atoms with E-state index in [0.717, 1.165) is 28.9 Å². The molecule has 0 fully saturated rings. The molecule has 0 saturated heterocycles. The largest absolute Gasteiger partial charge is 0.496 e. The molecule has 0 bridgehead atoms. The van der Waals surface area contributed by atoms with E-state index in [4.69, 9.17) is 9.47 Å². The van der Waals surface area contributed by atoms with Crippen molar-refractivity contribution in [2.24, 2.45) is 0 Å². The van der Waals surface area contributed by atoms with Gasteiger partial charge >= 0.3 is 0 Å². The third kappa shape index (κ3) is 4.78. The van der Waals surface area contributed by atoms with Crippen molar-refractivity contribution < 1.29 is 14.3 Å². The van der Waals surface area contributed by atoms with E-state index in [9.17, 15) is 4.79 Å². The zero-order valence-electron chi connectivity index (χ0n) is 16.6. The average molecular weight is 355 g/mol. The highest BCUT2D eigenvalue weighted by molar-refractivity contribution is 5.94. The molecule has 0 aliphatic rings. The smallest absolute Gasteiger partial charge is 0.251 e. The van der Waals surface area contributed by atoms with Gasteiger partial charge in [0.2, 0.25) is 0 Å². The van der Waals surface area contributed by atoms with Gasteiger partial charge in [-0.1, -0.05) is 13.0 Å². The first-order valence-electron chi connectivity index (χ1n) is 9.04. The lowest BCUT2D eigenvalue weighted by atomic mass is 10.1. The maximum Gasteiger partial charge on any atom is 0.251 e. The molecule has 0 spiro atoms. The fraction of sp³-hybridized carbons (Fsp3) is 0.409. The molecule has 0 heterocycles. The first-order chi connectivity index (χ1) is 12.3. The van der Waals surface area contributed by atoms with Gasteiger partial charge in [-0.3, -0.25) is 4.79 Å². The van der Waals surface area contributed by atoms with Gasteiger partial charge in [-0.15, -0.1) is 0 Å². The number of hydrogen-bond donors (Lipinski definition) is 1. The molecule has 4 heteroatoms. The van der Waals surface area contributed by atoms with Crippen LogP contribution >= 0.6 is 0 Å². The summed E-state index contributed by atoms with van der Waals surface area (Å²) in [5.74, 6) is 1.50. The van der Waals surface area contributed by atoms with Crippen LogP contribution in [0.15, 0.2) is 30.3 Å². The summed E-state index contributed by atoms with van der Waals surface area (Å²) >= 11 is 0. The fourth-order valence-corrected chi connectivity index (χ4v) is 2.75. The lowest BCUT2D eigenvalue weighted by molar-refractivity contribution is 0.0939. The summed E-state index contributed by atoms with van der Waals surface area (Å²) in [5, 5.41) is 2.99. The number of hydrogen-bond acceptors (Lipinski definition) is 3. The predicted octanol–water partition coefficient (Wildman–Crippen LogP) is 4.73. The highest BCUT2D eigenvalue weighted by Gasteiger charge is 2.13. The van der Waals surface area contributed by atoms with Crippen LogP contribution in [0.5, 0.6) is 11.5 Å². The first-order valence-corrected chi connectivity index (χ1v) is 9.04. The highest BCUT2D eigenvalue weighted by atomic mass is 16.5. The molecule has 2 aromatic carbocycles. The van der Waals surface area contributed by atoms with E-state index in [1.807, 2.05) is 32.0 Å². The lowest BCUT2D eigenvalue weighted by Crippen LogP contribution is -2.31. The van der Waals surface area contributed by atoms with Crippen molar-refractivity contribution >= 4 is 5.91 Å². The Bertz CT molecular complexity index is 783. The zero-order valence-corrected chi connectivity index (χ0v) is 16.6. The monoisotopic (exact) mass is 355 g/mol. The van der Waals surface area contributed by atoms with Crippen LogP contribution in [-0.2, 0) is 6.61 Å². The van der Waals surface area contributed by atoms with Crippen molar-refractivity contribution in [1.82, 2.24) is 5.32 Å². The minimum absolute atomic E-state index is 0.0779. The molecule has 1 N–H and O–H groups in total. The number of aryl methyl sites for hydroxylation is 2. The number of nitrogens with one attached hydrogen (secondary N) is 1. The van der Waals surface area contributed by atoms with Gasteiger partial charge in [0.05, 0.1) is 7.11 Å². The second-order valence-electron chi connectivity index (χ2n) is 6.80. The molecule has 4 nitrogen and oxygen atoms in total. The molecule has 0 aliphatic heterocycles. The fourth-order valence-electron chi connectivity index (χ4n) is 2.75. The molecule has 1 atom stereocenters. The van der Waals surface area contributed by atoms with Gasteiger partial charge < -0.3 is 14.8 Å². The van der Waals surface area contributed by atoms with Crippen molar-refractivity contribution in [2.45, 2.75) is 53.7 Å². The molecular formula is C22H29NO3. The summed E-state index contributed by atoms with van der Waals surface area (Å²) in [5.41, 5.74) is 4.95. The second-order valence-corrected chi connectivity index (χ2v) is 6.80. The van der Waals surface area contributed by atoms with Crippen molar-refractivity contribution in [3.63, 3.8) is 0 Å². The maximum absolute atomic E-state index is 12.4. The summed E-state index contributed by atoms with van der Waals surface area (Å²) in [6.45, 7) is 10.6. The number of carbonyl (C=O) groups is 1. The van der Waals surface area contributed by atoms with E-state index in [1.54, 1.807) is 13.2 Å². The third-order valence-electron chi connectivity index (χ3n) is 4.68. The third-order valence-corrected chi connectivity index (χ3v) is 4.68. The van der Waals surface area contributed by atoms with Crippen LogP contribution in [0.25, 0.3) is 0 Å². The molecule has 1 amide bonds. The van der Waals surface area contributed by atoms with Crippen LogP contribution in [-0.4, -0.2) is 19.1 Å². The Hall–Kier alpha value is -2.49. The predicted molar refractivity (Wildman–Crippen MR) is 105 cm³/mol. The SMILES string of the molecule is CC[C@H](C)NC(=O)c1ccc(OC)c(COc2cc(C)cc(C)c2C)c1. The Labute approximate surface area is 156 Å². The van der Waals surface area contributed by atoms with Gasteiger partial charge in [0.15, 0.2) is 0 Å². The summed E-state index contributed by atoms with van der Waals surface area (Å²) in [4.78, 5) is 12.4. The molecule has 26 heavy (non-hydrogen) atoms. The van der Waals surface area contributed by atoms with Crippen LogP contribution in [0, 0.1) is 20.8 Å². The van der Waals surface area contributed by atoms with Gasteiger partial charge in [-0.2, -0.15) is 0 Å². The van der Waals surface area contributed by atoms with Crippen LogP contribution in [0.2, 0.25) is 0 Å². The van der Waals surface area contributed by atoms with Gasteiger partial charge in [0, 0.05) is 17.2 Å². The minimum Gasteiger partial charge on any atom is -0.496 e. The number of ether oxygens (including phenoxy) is 2. The summed E-state index contributed by atoms with van der Waals surface area (Å²) in [6, 6.07) is 9.76. The maximum atomic E-state index is 12.4. The van der Waals surface area contributed by atoms with Crippen LogP contribution in [0.3, 0.4) is 0 Å². The summed E-state index contributed by atoms with van der Waals surface area (Å²) in [6.07, 6.45) is 0.893. The Kier molecular flexibility index (Phi) is 6.67. The molecule has 0 unspecified atom stereocenters. The Balaban J connectivity index is 2.22. The van der Waals surface area contributed by atoms with E-state index in [1.165, 1.54) is 5.56 Å². The highest BCUT2D eigenvalue weighted by Crippen LogP contribution is 2.26. The molecule has 0 radical (unpaired) electrons. The van der Waals surface area contributed by atoms with Gasteiger partial charge in [-0.05, 0) is 75.1 Å². The Morgan fingerprint density at radius 1 is 1.12 bits per heavy atom. The quantitative estimate of drug-likeness (QED) is 0.781. The van der Waals surface area contributed by atoms with Gasteiger partial charge in [0.1, 0.15) is 18.1 Å². The zero-order chi connectivity index (χ0) is 19.3. The van der Waals surface area contributed by atoms with E-state index < -0.39 is 0 Å². The minimum atomic E-state index is -0.0779. The molecule has 2 aromatic rings. The van der Waals surface area contributed by atoms with E-state index in [0.29, 0.717) is 17.9 Å². The number of rotatable bonds is 7.